The fraction of sp³-hybridized carbons (Fsp3) is 0.125. The molecule has 6 nitrogen and oxygen atoms in total. The number of carboxylic acid groups (broad SMARTS) is 1. The van der Waals surface area contributed by atoms with E-state index in [1.54, 1.807) is 24.3 Å². The number of nitrogens with zero attached hydrogens (tertiary/aromatic N) is 3. The monoisotopic (exact) mass is 225 g/mol. The van der Waals surface area contributed by atoms with Crippen molar-refractivity contribution in [3.63, 3.8) is 0 Å². The normalized spacial score (nSPS) is 12.9. The van der Waals surface area contributed by atoms with Gasteiger partial charge in [-0.05, 0) is 12.1 Å². The number of fused-ring (bicyclic) bond motifs is 1. The third kappa shape index (κ3) is 2.08. The van der Waals surface area contributed by atoms with Crippen LogP contribution in [0.5, 0.6) is 0 Å². The highest BCUT2D eigenvalue weighted by atomic mass is 32.2. The van der Waals surface area contributed by atoms with E-state index in [4.69, 9.17) is 10.2 Å². The van der Waals surface area contributed by atoms with Crippen LogP contribution in [0, 0.1) is 0 Å². The molecule has 1 aromatic heterocycles. The Morgan fingerprint density at radius 3 is 2.33 bits per heavy atom. The molecule has 0 saturated carbocycles. The van der Waals surface area contributed by atoms with E-state index >= 15 is 0 Å². The minimum absolute atomic E-state index is 0.628. The van der Waals surface area contributed by atoms with E-state index < -0.39 is 11.4 Å². The van der Waals surface area contributed by atoms with Crippen molar-refractivity contribution >= 4 is 29.0 Å². The largest absolute Gasteiger partial charge is 0.479 e. The van der Waals surface area contributed by atoms with Crippen LogP contribution in [0.1, 0.15) is 0 Å². The van der Waals surface area contributed by atoms with Gasteiger partial charge in [-0.3, -0.25) is 0 Å². The summed E-state index contributed by atoms with van der Waals surface area (Å²) in [4.78, 5) is 10.4. The Morgan fingerprint density at radius 1 is 1.33 bits per heavy atom. The second kappa shape index (κ2) is 3.87. The SMILES string of the molecule is O=C(O)C(O)Sn1nc2ccccc2n1. The molecule has 78 valence electrons. The minimum Gasteiger partial charge on any atom is -0.479 e. The van der Waals surface area contributed by atoms with E-state index in [1.165, 1.54) is 0 Å². The highest BCUT2D eigenvalue weighted by Crippen LogP contribution is 2.14. The lowest BCUT2D eigenvalue weighted by Crippen LogP contribution is -2.17. The summed E-state index contributed by atoms with van der Waals surface area (Å²) in [6, 6.07) is 7.12. The van der Waals surface area contributed by atoms with Crippen molar-refractivity contribution in [1.82, 2.24) is 14.4 Å². The molecule has 7 heteroatoms. The fourth-order valence-electron chi connectivity index (χ4n) is 1.02. The molecule has 0 bridgehead atoms. The van der Waals surface area contributed by atoms with E-state index in [9.17, 15) is 4.79 Å². The maximum Gasteiger partial charge on any atom is 0.345 e. The first kappa shape index (κ1) is 9.94. The molecule has 1 unspecified atom stereocenters. The van der Waals surface area contributed by atoms with Gasteiger partial charge < -0.3 is 10.2 Å². The van der Waals surface area contributed by atoms with E-state index in [1.807, 2.05) is 0 Å². The molecule has 0 fully saturated rings. The highest BCUT2D eigenvalue weighted by molar-refractivity contribution is 7.98. The number of aliphatic hydroxyl groups excluding tert-OH is 1. The number of carbonyl (C=O) groups is 1. The Hall–Kier alpha value is -1.60. The van der Waals surface area contributed by atoms with Gasteiger partial charge in [0, 0.05) is 11.9 Å². The summed E-state index contributed by atoms with van der Waals surface area (Å²) in [6.07, 6.45) is 0. The number of aliphatic carboxylic acids is 1. The summed E-state index contributed by atoms with van der Waals surface area (Å²) < 4.78 is 1.10. The number of hydrogen-bond acceptors (Lipinski definition) is 5. The van der Waals surface area contributed by atoms with Gasteiger partial charge >= 0.3 is 5.97 Å². The predicted molar refractivity (Wildman–Crippen MR) is 54.2 cm³/mol. The fourth-order valence-corrected chi connectivity index (χ4v) is 1.56. The van der Waals surface area contributed by atoms with Crippen molar-refractivity contribution in [3.05, 3.63) is 24.3 Å². The lowest BCUT2D eigenvalue weighted by Gasteiger charge is -2.01. The lowest BCUT2D eigenvalue weighted by molar-refractivity contribution is -0.141. The van der Waals surface area contributed by atoms with Crippen LogP contribution in [0.2, 0.25) is 0 Å². The smallest absolute Gasteiger partial charge is 0.345 e. The van der Waals surface area contributed by atoms with E-state index in [-0.39, 0.29) is 0 Å². The summed E-state index contributed by atoms with van der Waals surface area (Å²) >= 11 is 0.628. The van der Waals surface area contributed by atoms with Gasteiger partial charge in [0.25, 0.3) is 0 Å². The molecule has 2 N–H and O–H groups in total. The molecule has 2 aromatic rings. The van der Waals surface area contributed by atoms with Gasteiger partial charge in [0.2, 0.25) is 5.44 Å². The zero-order valence-corrected chi connectivity index (χ0v) is 8.26. The molecule has 0 aliphatic carbocycles. The first-order valence-corrected chi connectivity index (χ1v) is 4.90. The number of aliphatic hydroxyl groups is 1. The topological polar surface area (TPSA) is 88.2 Å². The van der Waals surface area contributed by atoms with Crippen molar-refractivity contribution in [2.24, 2.45) is 0 Å². The van der Waals surface area contributed by atoms with Crippen molar-refractivity contribution in [2.75, 3.05) is 0 Å². The molecule has 1 atom stereocenters. The number of aromatic nitrogens is 3. The number of hydrogen-bond donors (Lipinski definition) is 2. The zero-order chi connectivity index (χ0) is 10.8. The first-order valence-electron chi connectivity index (χ1n) is 4.07. The molecule has 0 aliphatic rings. The Kier molecular flexibility index (Phi) is 2.57. The van der Waals surface area contributed by atoms with Crippen LogP contribution in [0.3, 0.4) is 0 Å². The summed E-state index contributed by atoms with van der Waals surface area (Å²) in [5.41, 5.74) is -0.253. The van der Waals surface area contributed by atoms with Gasteiger partial charge in [0.1, 0.15) is 11.0 Å². The van der Waals surface area contributed by atoms with Gasteiger partial charge in [-0.15, -0.1) is 14.4 Å². The molecular formula is C8H7N3O3S. The van der Waals surface area contributed by atoms with Gasteiger partial charge in [0.15, 0.2) is 0 Å². The average Bonchev–Trinajstić information content (AvgIpc) is 2.59. The molecule has 0 saturated heterocycles. The molecule has 0 amide bonds. The summed E-state index contributed by atoms with van der Waals surface area (Å²) in [6.45, 7) is 0. The van der Waals surface area contributed by atoms with Crippen molar-refractivity contribution in [2.45, 2.75) is 5.44 Å². The molecule has 1 heterocycles. The summed E-state index contributed by atoms with van der Waals surface area (Å²) in [7, 11) is 0. The molecule has 0 spiro atoms. The Balaban J connectivity index is 2.26. The van der Waals surface area contributed by atoms with Gasteiger partial charge in [-0.1, -0.05) is 12.1 Å². The highest BCUT2D eigenvalue weighted by Gasteiger charge is 2.16. The number of benzene rings is 1. The Bertz CT molecular complexity index is 466. The standard InChI is InChI=1S/C8H7N3O3S/c12-7(13)8(14)15-11-9-5-3-1-2-4-6(5)10-11/h1-4,8,14H,(H,12,13). The molecule has 15 heavy (non-hydrogen) atoms. The number of rotatable bonds is 3. The summed E-state index contributed by atoms with van der Waals surface area (Å²) in [5, 5.41) is 25.5. The quantitative estimate of drug-likeness (QED) is 0.732. The van der Waals surface area contributed by atoms with Crippen LogP contribution in [-0.4, -0.2) is 36.0 Å². The van der Waals surface area contributed by atoms with Crippen LogP contribution >= 0.6 is 11.9 Å². The van der Waals surface area contributed by atoms with Gasteiger partial charge in [0.05, 0.1) is 0 Å². The Labute approximate surface area is 88.6 Å². The van der Waals surface area contributed by atoms with E-state index in [0.717, 1.165) is 4.20 Å². The zero-order valence-electron chi connectivity index (χ0n) is 7.44. The van der Waals surface area contributed by atoms with Crippen LogP contribution in [0.25, 0.3) is 11.0 Å². The molecule has 0 aliphatic heterocycles. The van der Waals surface area contributed by atoms with E-state index in [2.05, 4.69) is 10.2 Å². The number of carboxylic acids is 1. The van der Waals surface area contributed by atoms with Crippen LogP contribution in [0.15, 0.2) is 24.3 Å². The summed E-state index contributed by atoms with van der Waals surface area (Å²) in [5.74, 6) is -1.32. The van der Waals surface area contributed by atoms with Crippen LogP contribution < -0.4 is 0 Å². The minimum atomic E-state index is -1.56. The molecule has 1 aromatic carbocycles. The van der Waals surface area contributed by atoms with Crippen molar-refractivity contribution in [1.29, 1.82) is 0 Å². The molecule has 2 rings (SSSR count). The molecule has 0 radical (unpaired) electrons. The van der Waals surface area contributed by atoms with Gasteiger partial charge in [-0.2, -0.15) is 0 Å². The van der Waals surface area contributed by atoms with Crippen molar-refractivity contribution < 1.29 is 15.0 Å². The van der Waals surface area contributed by atoms with Crippen molar-refractivity contribution in [3.8, 4) is 0 Å². The average molecular weight is 225 g/mol. The first-order chi connectivity index (χ1) is 7.16. The second-order valence-electron chi connectivity index (χ2n) is 2.74. The molecular weight excluding hydrogens is 218 g/mol. The predicted octanol–water partition coefficient (Wildman–Crippen LogP) is 0.331. The second-order valence-corrected chi connectivity index (χ2v) is 3.72. The third-order valence-corrected chi connectivity index (χ3v) is 2.43. The third-order valence-electron chi connectivity index (χ3n) is 1.67. The lowest BCUT2D eigenvalue weighted by atomic mass is 10.3. The Morgan fingerprint density at radius 2 is 1.87 bits per heavy atom. The maximum atomic E-state index is 10.4. The van der Waals surface area contributed by atoms with Crippen LogP contribution in [-0.2, 0) is 4.79 Å². The maximum absolute atomic E-state index is 10.4. The van der Waals surface area contributed by atoms with Gasteiger partial charge in [-0.25, -0.2) is 4.79 Å². The van der Waals surface area contributed by atoms with Crippen LogP contribution in [0.4, 0.5) is 0 Å². The van der Waals surface area contributed by atoms with E-state index in [0.29, 0.717) is 23.0 Å².